The SMILES string of the molecule is O=C(NC1CCN(CC(F)F)CC1)c1cccnc1Oc1ccc(F)cc1Br. The van der Waals surface area contributed by atoms with E-state index in [1.165, 1.54) is 24.4 Å². The van der Waals surface area contributed by atoms with Gasteiger partial charge in [-0.1, -0.05) is 0 Å². The molecule has 0 radical (unpaired) electrons. The van der Waals surface area contributed by atoms with Gasteiger partial charge in [0.2, 0.25) is 5.88 Å². The molecule has 2 heterocycles. The first-order valence-electron chi connectivity index (χ1n) is 8.81. The number of ether oxygens (including phenoxy) is 1. The van der Waals surface area contributed by atoms with Crippen LogP contribution in [0.4, 0.5) is 13.2 Å². The van der Waals surface area contributed by atoms with E-state index in [0.717, 1.165) is 0 Å². The van der Waals surface area contributed by atoms with Crippen molar-refractivity contribution in [1.29, 1.82) is 0 Å². The van der Waals surface area contributed by atoms with Crippen LogP contribution in [0.1, 0.15) is 23.2 Å². The summed E-state index contributed by atoms with van der Waals surface area (Å²) in [4.78, 5) is 18.5. The minimum Gasteiger partial charge on any atom is -0.437 e. The van der Waals surface area contributed by atoms with E-state index in [1.54, 1.807) is 17.0 Å². The van der Waals surface area contributed by atoms with Gasteiger partial charge >= 0.3 is 0 Å². The first-order chi connectivity index (χ1) is 13.4. The van der Waals surface area contributed by atoms with Crippen LogP contribution in [-0.4, -0.2) is 47.9 Å². The Balaban J connectivity index is 1.65. The Morgan fingerprint density at radius 3 is 2.75 bits per heavy atom. The second-order valence-electron chi connectivity index (χ2n) is 6.47. The molecule has 1 aliphatic heterocycles. The van der Waals surface area contributed by atoms with Gasteiger partial charge in [0.25, 0.3) is 12.3 Å². The normalized spacial score (nSPS) is 15.6. The third kappa shape index (κ3) is 5.45. The Kier molecular flexibility index (Phi) is 6.90. The molecule has 9 heteroatoms. The summed E-state index contributed by atoms with van der Waals surface area (Å²) in [6.45, 7) is 0.774. The number of hydrogen-bond donors (Lipinski definition) is 1. The van der Waals surface area contributed by atoms with E-state index in [9.17, 15) is 18.0 Å². The average Bonchev–Trinajstić information content (AvgIpc) is 2.65. The van der Waals surface area contributed by atoms with Crippen molar-refractivity contribution in [2.75, 3.05) is 19.6 Å². The van der Waals surface area contributed by atoms with Gasteiger partial charge in [-0.3, -0.25) is 9.69 Å². The molecule has 0 spiro atoms. The van der Waals surface area contributed by atoms with Gasteiger partial charge in [-0.05, 0) is 59.1 Å². The van der Waals surface area contributed by atoms with Crippen LogP contribution >= 0.6 is 15.9 Å². The molecule has 150 valence electrons. The summed E-state index contributed by atoms with van der Waals surface area (Å²) in [6, 6.07) is 7.04. The molecule has 1 N–H and O–H groups in total. The third-order valence-corrected chi connectivity index (χ3v) is 5.06. The zero-order chi connectivity index (χ0) is 20.1. The molecule has 0 bridgehead atoms. The maximum absolute atomic E-state index is 13.2. The van der Waals surface area contributed by atoms with Crippen molar-refractivity contribution in [3.8, 4) is 11.6 Å². The number of nitrogens with one attached hydrogen (secondary N) is 1. The van der Waals surface area contributed by atoms with Crippen LogP contribution in [-0.2, 0) is 0 Å². The van der Waals surface area contributed by atoms with Crippen molar-refractivity contribution >= 4 is 21.8 Å². The number of aromatic nitrogens is 1. The van der Waals surface area contributed by atoms with Crippen LogP contribution in [0.25, 0.3) is 0 Å². The van der Waals surface area contributed by atoms with Crippen LogP contribution in [0.15, 0.2) is 41.0 Å². The smallest absolute Gasteiger partial charge is 0.257 e. The summed E-state index contributed by atoms with van der Waals surface area (Å²) in [6.07, 6.45) is 0.329. The fraction of sp³-hybridized carbons (Fsp3) is 0.368. The van der Waals surface area contributed by atoms with Gasteiger partial charge < -0.3 is 10.1 Å². The molecule has 1 saturated heterocycles. The van der Waals surface area contributed by atoms with E-state index in [2.05, 4.69) is 26.2 Å². The standard InChI is InChI=1S/C19H19BrF3N3O2/c20-15-10-12(21)3-4-16(15)28-19-14(2-1-7-24-19)18(27)25-13-5-8-26(9-6-13)11-17(22)23/h1-4,7,10,13,17H,5-6,8-9,11H2,(H,25,27). The minimum atomic E-state index is -2.35. The zero-order valence-corrected chi connectivity index (χ0v) is 16.5. The van der Waals surface area contributed by atoms with E-state index < -0.39 is 12.2 Å². The number of hydrogen-bond acceptors (Lipinski definition) is 4. The molecular formula is C19H19BrF3N3O2. The lowest BCUT2D eigenvalue weighted by Gasteiger charge is -2.32. The maximum atomic E-state index is 13.2. The van der Waals surface area contributed by atoms with Crippen molar-refractivity contribution in [3.63, 3.8) is 0 Å². The van der Waals surface area contributed by atoms with E-state index in [0.29, 0.717) is 36.2 Å². The number of carbonyl (C=O) groups is 1. The number of rotatable bonds is 6. The van der Waals surface area contributed by atoms with Gasteiger partial charge in [0.1, 0.15) is 17.1 Å². The monoisotopic (exact) mass is 457 g/mol. The predicted molar refractivity (Wildman–Crippen MR) is 101 cm³/mol. The van der Waals surface area contributed by atoms with Crippen molar-refractivity contribution in [2.24, 2.45) is 0 Å². The highest BCUT2D eigenvalue weighted by Crippen LogP contribution is 2.30. The zero-order valence-electron chi connectivity index (χ0n) is 14.9. The number of amides is 1. The number of pyridine rings is 1. The molecule has 28 heavy (non-hydrogen) atoms. The second kappa shape index (κ2) is 9.38. The molecular weight excluding hydrogens is 439 g/mol. The highest BCUT2D eigenvalue weighted by molar-refractivity contribution is 9.10. The van der Waals surface area contributed by atoms with E-state index >= 15 is 0 Å². The highest BCUT2D eigenvalue weighted by atomic mass is 79.9. The molecule has 0 unspecified atom stereocenters. The number of piperidine rings is 1. The number of likely N-dealkylation sites (tertiary alicyclic amines) is 1. The first-order valence-corrected chi connectivity index (χ1v) is 9.61. The summed E-state index contributed by atoms with van der Waals surface area (Å²) in [5.41, 5.74) is 0.244. The Labute approximate surface area is 169 Å². The van der Waals surface area contributed by atoms with Crippen molar-refractivity contribution in [1.82, 2.24) is 15.2 Å². The molecule has 1 fully saturated rings. The molecule has 3 rings (SSSR count). The quantitative estimate of drug-likeness (QED) is 0.704. The fourth-order valence-electron chi connectivity index (χ4n) is 3.03. The summed E-state index contributed by atoms with van der Waals surface area (Å²) in [7, 11) is 0. The van der Waals surface area contributed by atoms with Crippen LogP contribution in [0, 0.1) is 5.82 Å². The van der Waals surface area contributed by atoms with Gasteiger partial charge in [-0.2, -0.15) is 0 Å². The second-order valence-corrected chi connectivity index (χ2v) is 7.33. The van der Waals surface area contributed by atoms with Gasteiger partial charge in [0.15, 0.2) is 0 Å². The predicted octanol–water partition coefficient (Wildman–Crippen LogP) is 4.23. The van der Waals surface area contributed by atoms with E-state index in [-0.39, 0.29) is 29.9 Å². The largest absolute Gasteiger partial charge is 0.437 e. The van der Waals surface area contributed by atoms with Gasteiger partial charge in [0.05, 0.1) is 11.0 Å². The van der Waals surface area contributed by atoms with E-state index in [4.69, 9.17) is 4.74 Å². The molecule has 1 aliphatic rings. The number of benzene rings is 1. The van der Waals surface area contributed by atoms with Gasteiger partial charge in [-0.15, -0.1) is 0 Å². The topological polar surface area (TPSA) is 54.5 Å². The average molecular weight is 458 g/mol. The van der Waals surface area contributed by atoms with Crippen molar-refractivity contribution in [2.45, 2.75) is 25.3 Å². The Morgan fingerprint density at radius 2 is 2.07 bits per heavy atom. The molecule has 2 aromatic rings. The van der Waals surface area contributed by atoms with Crippen LogP contribution < -0.4 is 10.1 Å². The van der Waals surface area contributed by atoms with Crippen molar-refractivity contribution in [3.05, 3.63) is 52.4 Å². The lowest BCUT2D eigenvalue weighted by atomic mass is 10.0. The number of alkyl halides is 2. The molecule has 1 aromatic carbocycles. The number of nitrogens with zero attached hydrogens (tertiary/aromatic N) is 2. The minimum absolute atomic E-state index is 0.0995. The lowest BCUT2D eigenvalue weighted by Crippen LogP contribution is -2.45. The van der Waals surface area contributed by atoms with Gasteiger partial charge in [-0.25, -0.2) is 18.2 Å². The Bertz CT molecular complexity index is 830. The molecule has 1 aromatic heterocycles. The third-order valence-electron chi connectivity index (χ3n) is 4.44. The summed E-state index contributed by atoms with van der Waals surface area (Å²) >= 11 is 3.22. The first kappa shape index (κ1) is 20.6. The molecule has 0 atom stereocenters. The highest BCUT2D eigenvalue weighted by Gasteiger charge is 2.24. The van der Waals surface area contributed by atoms with Crippen molar-refractivity contribution < 1.29 is 22.7 Å². The lowest BCUT2D eigenvalue weighted by molar-refractivity contribution is 0.0695. The van der Waals surface area contributed by atoms with E-state index in [1.807, 2.05) is 0 Å². The molecule has 0 saturated carbocycles. The molecule has 0 aliphatic carbocycles. The summed E-state index contributed by atoms with van der Waals surface area (Å²) in [5.74, 6) is -0.345. The number of halogens is 4. The van der Waals surface area contributed by atoms with Gasteiger partial charge in [0, 0.05) is 25.3 Å². The van der Waals surface area contributed by atoms with Crippen LogP contribution in [0.2, 0.25) is 0 Å². The summed E-state index contributed by atoms with van der Waals surface area (Å²) < 4.78 is 44.3. The van der Waals surface area contributed by atoms with Crippen LogP contribution in [0.3, 0.4) is 0 Å². The molecule has 1 amide bonds. The summed E-state index contributed by atoms with van der Waals surface area (Å²) in [5, 5.41) is 2.91. The fourth-order valence-corrected chi connectivity index (χ4v) is 3.46. The molecule has 5 nitrogen and oxygen atoms in total. The Hall–Kier alpha value is -2.13. The maximum Gasteiger partial charge on any atom is 0.257 e. The Morgan fingerprint density at radius 1 is 1.32 bits per heavy atom. The number of carbonyl (C=O) groups excluding carboxylic acids is 1. The van der Waals surface area contributed by atoms with Crippen LogP contribution in [0.5, 0.6) is 11.6 Å².